The molecule has 2 aliphatic carbocycles. The molecule has 0 saturated heterocycles. The summed E-state index contributed by atoms with van der Waals surface area (Å²) in [6.45, 7) is 46.4. The van der Waals surface area contributed by atoms with Crippen molar-refractivity contribution < 1.29 is 19.1 Å². The molecule has 22 heteroatoms. The lowest BCUT2D eigenvalue weighted by atomic mass is 9.93. The van der Waals surface area contributed by atoms with Crippen molar-refractivity contribution in [1.29, 1.82) is 15.8 Å². The molecule has 3 aromatic carbocycles. The van der Waals surface area contributed by atoms with Gasteiger partial charge in [0, 0.05) is 69.6 Å². The summed E-state index contributed by atoms with van der Waals surface area (Å²) >= 11 is 8.01. The molecule has 0 amide bonds. The number of ether oxygens (including phenoxy) is 2. The first kappa shape index (κ1) is 49.5. The number of carbonyl (C=O) groups excluding carboxylic acids is 2. The van der Waals surface area contributed by atoms with E-state index in [1.165, 1.54) is 46.9 Å². The van der Waals surface area contributed by atoms with Crippen molar-refractivity contribution in [3.8, 4) is 70.1 Å². The van der Waals surface area contributed by atoms with Crippen LogP contribution in [0.3, 0.4) is 0 Å². The first-order valence-electron chi connectivity index (χ1n) is 23.4. The number of carbonyl (C=O) groups is 2. The van der Waals surface area contributed by atoms with Crippen molar-refractivity contribution in [2.75, 3.05) is 0 Å². The van der Waals surface area contributed by atoms with E-state index in [1.807, 2.05) is 58.0 Å². The van der Waals surface area contributed by atoms with Crippen molar-refractivity contribution in [3.05, 3.63) is 177 Å². The number of rotatable bonds is 4. The van der Waals surface area contributed by atoms with E-state index in [2.05, 4.69) is 36.4 Å². The maximum Gasteiger partial charge on any atom is 0.527 e. The molecular formula is C58H22N12O4S6. The number of hydrogen-bond acceptors (Lipinski definition) is 16. The number of nitriles is 3. The summed E-state index contributed by atoms with van der Waals surface area (Å²) in [4.78, 5) is 51.9. The molecule has 16 nitrogen and oxygen atoms in total. The largest absolute Gasteiger partial charge is 0.527 e. The Morgan fingerprint density at radius 1 is 0.588 bits per heavy atom. The van der Waals surface area contributed by atoms with Crippen molar-refractivity contribution >= 4 is 143 Å². The predicted molar refractivity (Wildman–Crippen MR) is 309 cm³/mol. The van der Waals surface area contributed by atoms with Crippen LogP contribution >= 0.6 is 57.1 Å². The Labute approximate surface area is 477 Å². The highest BCUT2D eigenvalue weighted by atomic mass is 32.1. The number of aromatic nitrogens is 2. The fourth-order valence-corrected chi connectivity index (χ4v) is 16.7. The van der Waals surface area contributed by atoms with Crippen LogP contribution < -0.4 is 9.47 Å². The lowest BCUT2D eigenvalue weighted by Gasteiger charge is -2.31. The van der Waals surface area contributed by atoms with Gasteiger partial charge >= 0.3 is 5.82 Å². The zero-order valence-corrected chi connectivity index (χ0v) is 46.1. The summed E-state index contributed by atoms with van der Waals surface area (Å²) in [5.74, 6) is -0.105. The predicted octanol–water partition coefficient (Wildman–Crippen LogP) is 17.0. The maximum atomic E-state index is 14.1. The third kappa shape index (κ3) is 7.04. The van der Waals surface area contributed by atoms with Gasteiger partial charge in [0.1, 0.15) is 76.0 Å². The first-order chi connectivity index (χ1) is 38.6. The van der Waals surface area contributed by atoms with Gasteiger partial charge in [-0.25, -0.2) is 4.85 Å². The molecule has 374 valence electrons. The Morgan fingerprint density at radius 2 is 1.05 bits per heavy atom. The highest BCUT2D eigenvalue weighted by Gasteiger charge is 2.42. The Balaban J connectivity index is 0.897. The molecule has 8 aromatic rings. The van der Waals surface area contributed by atoms with Gasteiger partial charge in [-0.2, -0.15) is 42.9 Å². The second kappa shape index (κ2) is 17.7. The Hall–Kier alpha value is -10.1. The third-order valence-corrected chi connectivity index (χ3v) is 19.8. The third-order valence-electron chi connectivity index (χ3n) is 14.0. The highest BCUT2D eigenvalue weighted by Crippen LogP contribution is 2.61. The van der Waals surface area contributed by atoms with Gasteiger partial charge in [-0.05, 0) is 87.4 Å². The Morgan fingerprint density at radius 3 is 1.52 bits per heavy atom. The second-order valence-corrected chi connectivity index (χ2v) is 24.5. The molecule has 8 heterocycles. The molecule has 0 saturated carbocycles. The second-order valence-electron chi connectivity index (χ2n) is 19.2. The van der Waals surface area contributed by atoms with Crippen LogP contribution in [-0.2, 0) is 22.6 Å². The van der Waals surface area contributed by atoms with E-state index in [4.69, 9.17) is 59.8 Å². The number of allylic oxidation sites excluding steroid dienone is 5. The molecule has 0 bridgehead atoms. The molecule has 3 aliphatic heterocycles. The molecule has 5 aliphatic rings. The van der Waals surface area contributed by atoms with Gasteiger partial charge in [-0.3, -0.25) is 19.3 Å². The number of nitrogens with zero attached hydrogens (tertiary/aromatic N) is 12. The van der Waals surface area contributed by atoms with Crippen molar-refractivity contribution in [1.82, 2.24) is 8.75 Å². The first-order valence-corrected chi connectivity index (χ1v) is 28.1. The lowest BCUT2D eigenvalue weighted by molar-refractivity contribution is 0.103. The van der Waals surface area contributed by atoms with Gasteiger partial charge in [0.05, 0.1) is 79.5 Å². The van der Waals surface area contributed by atoms with E-state index in [0.29, 0.717) is 43.7 Å². The minimum absolute atomic E-state index is 0.000434. The smallest absolute Gasteiger partial charge is 0.482 e. The molecule has 13 rings (SSSR count). The number of benzene rings is 3. The van der Waals surface area contributed by atoms with E-state index in [0.717, 1.165) is 74.6 Å². The minimum Gasteiger partial charge on any atom is -0.482 e. The zero-order chi connectivity index (χ0) is 55.8. The van der Waals surface area contributed by atoms with Crippen LogP contribution in [0.2, 0.25) is 0 Å². The van der Waals surface area contributed by atoms with Gasteiger partial charge in [0.2, 0.25) is 5.69 Å². The lowest BCUT2D eigenvalue weighted by Crippen LogP contribution is -2.27. The fourth-order valence-electron chi connectivity index (χ4n) is 10.5. The summed E-state index contributed by atoms with van der Waals surface area (Å²) in [7, 11) is 0. The van der Waals surface area contributed by atoms with E-state index in [1.54, 1.807) is 34.8 Å². The van der Waals surface area contributed by atoms with Crippen LogP contribution in [-0.4, -0.2) is 20.3 Å². The van der Waals surface area contributed by atoms with E-state index >= 15 is 0 Å². The average Bonchev–Trinajstić information content (AvgIpc) is 4.51. The minimum atomic E-state index is -0.824. The topological polar surface area (TPSA) is 196 Å². The summed E-state index contributed by atoms with van der Waals surface area (Å²) in [5, 5.41) is 29.8. The van der Waals surface area contributed by atoms with Crippen molar-refractivity contribution in [2.24, 2.45) is 8.73 Å². The zero-order valence-electron chi connectivity index (χ0n) is 41.2. The van der Waals surface area contributed by atoms with Crippen LogP contribution in [0.25, 0.3) is 98.9 Å². The highest BCUT2D eigenvalue weighted by molar-refractivity contribution is 7.58. The van der Waals surface area contributed by atoms with E-state index in [-0.39, 0.29) is 78.6 Å². The summed E-state index contributed by atoms with van der Waals surface area (Å²) in [5.41, 5.74) is 5.20. The SMILES string of the molecule is [C-]#[N+]C([N+]#[C-])=C1/C(=C/c2cc3c(s2)-c2sc(-c4c5c(c(-c6cc7c(s6)-c6sc(/C=C8\C(=O)c9cc([N+]#[C-])c([N+]#[C-])cc9C8=C(C#N)C#N)cc6OC7(C)C)c6nsnc46)N=S=N5)cc2C(C)(C)O3)C(=O)c2cc(C#N)c([N+]#[C-])cc21. The maximum absolute atomic E-state index is 14.1. The van der Waals surface area contributed by atoms with Gasteiger partial charge < -0.3 is 9.47 Å². The summed E-state index contributed by atoms with van der Waals surface area (Å²) in [6.07, 6.45) is 3.27. The van der Waals surface area contributed by atoms with Crippen molar-refractivity contribution in [3.63, 3.8) is 0 Å². The molecule has 0 atom stereocenters. The number of hydrogen-bond donors (Lipinski definition) is 0. The number of fused-ring (bicyclic) bond motifs is 10. The molecule has 0 unspecified atom stereocenters. The van der Waals surface area contributed by atoms with E-state index in [9.17, 15) is 25.4 Å². The van der Waals surface area contributed by atoms with Gasteiger partial charge in [0.15, 0.2) is 22.9 Å². The van der Waals surface area contributed by atoms with Crippen LogP contribution in [0.4, 0.5) is 28.4 Å². The molecular weight excluding hydrogens is 1120 g/mol. The number of Topliss-reactive ketones (excluding diaryl/α,β-unsaturated/α-hetero) is 2. The van der Waals surface area contributed by atoms with E-state index < -0.39 is 22.8 Å². The quantitative estimate of drug-likeness (QED) is 0.0935. The standard InChI is InChI=1S/C58H22N12O4S6/c1-57(2)33-18-40(77-52(33)54-38(73-57)13-25(75-54)11-31-42(24(21-60)22-61)27-16-36(63-6)37(64-7)17-30(27)51(31)72)44-46-48(69-79-67-46)45(49-47(44)68-80-70-49)41-19-34-53(78-41)55-39(74-58(34,3)4)14-26(76-55)12-32-43(56(65-8)66-9)28-15-35(62-5)23(20-59)10-29(28)50(32)71/h10-19H,1-4H3/b31-11-,32-12-. The monoisotopic (exact) mass is 1140 g/mol. The molecule has 0 fully saturated rings. The number of ketones is 2. The van der Waals surface area contributed by atoms with Crippen LogP contribution in [0.5, 0.6) is 11.5 Å². The normalized spacial score (nSPS) is 15.9. The van der Waals surface area contributed by atoms with Gasteiger partial charge in [-0.15, -0.1) is 45.3 Å². The fraction of sp³-hybridized carbons (Fsp3) is 0.103. The molecule has 0 N–H and O–H groups in total. The van der Waals surface area contributed by atoms with Crippen LogP contribution in [0, 0.1) is 66.9 Å². The molecule has 80 heavy (non-hydrogen) atoms. The molecule has 0 radical (unpaired) electrons. The number of thiophene rings is 4. The Kier molecular flexibility index (Phi) is 11.0. The average molecular weight is 1140 g/mol. The van der Waals surface area contributed by atoms with Crippen LogP contribution in [0.1, 0.15) is 86.0 Å². The van der Waals surface area contributed by atoms with Crippen molar-refractivity contribution in [2.45, 2.75) is 38.9 Å². The Bertz CT molecular complexity index is 4640. The molecule has 5 aromatic heterocycles. The molecule has 0 spiro atoms. The van der Waals surface area contributed by atoms with Gasteiger partial charge in [0.25, 0.3) is 0 Å². The summed E-state index contributed by atoms with van der Waals surface area (Å²) < 4.78 is 33.0. The summed E-state index contributed by atoms with van der Waals surface area (Å²) in [6, 6.07) is 19.1. The van der Waals surface area contributed by atoms with Gasteiger partial charge in [-0.1, -0.05) is 12.1 Å². The van der Waals surface area contributed by atoms with Crippen LogP contribution in [0.15, 0.2) is 79.8 Å².